The van der Waals surface area contributed by atoms with Gasteiger partial charge in [0, 0.05) is 28.8 Å². The average Bonchev–Trinajstić information content (AvgIpc) is 3.37. The van der Waals surface area contributed by atoms with E-state index in [1.54, 1.807) is 0 Å². The number of hydrogen-bond acceptors (Lipinski definition) is 4. The van der Waals surface area contributed by atoms with E-state index < -0.39 is 0 Å². The number of H-pyrrole nitrogens is 1. The number of nitrogens with one attached hydrogen (secondary N) is 1. The van der Waals surface area contributed by atoms with Gasteiger partial charge in [-0.15, -0.1) is 0 Å². The van der Waals surface area contributed by atoms with Crippen molar-refractivity contribution in [2.45, 2.75) is 20.3 Å². The van der Waals surface area contributed by atoms with Crippen LogP contribution >= 0.6 is 0 Å². The molecule has 27 heavy (non-hydrogen) atoms. The summed E-state index contributed by atoms with van der Waals surface area (Å²) in [6.45, 7) is 4.33. The van der Waals surface area contributed by atoms with Crippen molar-refractivity contribution in [2.75, 3.05) is 0 Å². The molecule has 1 N–H and O–H groups in total. The van der Waals surface area contributed by atoms with Gasteiger partial charge in [0.25, 0.3) is 0 Å². The smallest absolute Gasteiger partial charge is 0.221 e. The quantitative estimate of drug-likeness (QED) is 0.503. The highest BCUT2D eigenvalue weighted by Gasteiger charge is 2.13. The highest BCUT2D eigenvalue weighted by atomic mass is 16.4. The normalized spacial score (nSPS) is 11.8. The number of fused-ring (bicyclic) bond motifs is 2. The van der Waals surface area contributed by atoms with E-state index in [9.17, 15) is 0 Å². The molecule has 0 saturated carbocycles. The van der Waals surface area contributed by atoms with Gasteiger partial charge in [-0.3, -0.25) is 5.10 Å². The predicted octanol–water partition coefficient (Wildman–Crippen LogP) is 4.76. The number of benzene rings is 2. The number of nitrogens with zero attached hydrogens (tertiary/aromatic N) is 4. The van der Waals surface area contributed by atoms with Crippen LogP contribution in [0.25, 0.3) is 39.1 Å². The van der Waals surface area contributed by atoms with Gasteiger partial charge in [0.15, 0.2) is 5.82 Å². The van der Waals surface area contributed by atoms with Crippen LogP contribution in [0.15, 0.2) is 59.1 Å². The average molecular weight is 357 g/mol. The Balaban J connectivity index is 1.53. The van der Waals surface area contributed by atoms with Crippen LogP contribution in [0.4, 0.5) is 0 Å². The van der Waals surface area contributed by atoms with Crippen molar-refractivity contribution in [3.05, 3.63) is 60.6 Å². The fourth-order valence-electron chi connectivity index (χ4n) is 3.32. The molecule has 0 fully saturated rings. The van der Waals surface area contributed by atoms with Crippen molar-refractivity contribution >= 4 is 21.9 Å². The summed E-state index contributed by atoms with van der Waals surface area (Å²) in [5.74, 6) is 2.87. The number of rotatable bonds is 4. The molecular formula is C21H19N5O. The summed E-state index contributed by atoms with van der Waals surface area (Å²) >= 11 is 0. The molecule has 6 heteroatoms. The van der Waals surface area contributed by atoms with Crippen LogP contribution in [0.5, 0.6) is 0 Å². The Labute approximate surface area is 155 Å². The first-order chi connectivity index (χ1) is 13.2. The van der Waals surface area contributed by atoms with Gasteiger partial charge in [-0.1, -0.05) is 32.0 Å². The summed E-state index contributed by atoms with van der Waals surface area (Å²) in [7, 11) is 0. The van der Waals surface area contributed by atoms with Crippen molar-refractivity contribution in [1.29, 1.82) is 0 Å². The van der Waals surface area contributed by atoms with Gasteiger partial charge in [0.05, 0.1) is 11.7 Å². The molecule has 0 aliphatic carbocycles. The first-order valence-electron chi connectivity index (χ1n) is 9.06. The summed E-state index contributed by atoms with van der Waals surface area (Å²) in [5.41, 5.74) is 2.81. The molecule has 0 radical (unpaired) electrons. The lowest BCUT2D eigenvalue weighted by Crippen LogP contribution is -1.95. The van der Waals surface area contributed by atoms with E-state index in [1.165, 1.54) is 0 Å². The van der Waals surface area contributed by atoms with Crippen LogP contribution in [0.2, 0.25) is 0 Å². The Morgan fingerprint density at radius 3 is 2.81 bits per heavy atom. The minimum Gasteiger partial charge on any atom is -0.438 e. The first-order valence-corrected chi connectivity index (χ1v) is 9.06. The van der Waals surface area contributed by atoms with E-state index in [-0.39, 0.29) is 0 Å². The zero-order chi connectivity index (χ0) is 18.4. The van der Waals surface area contributed by atoms with Crippen molar-refractivity contribution < 1.29 is 4.42 Å². The summed E-state index contributed by atoms with van der Waals surface area (Å²) in [5, 5.41) is 14.0. The molecular weight excluding hydrogens is 338 g/mol. The van der Waals surface area contributed by atoms with Gasteiger partial charge in [-0.2, -0.15) is 10.2 Å². The lowest BCUT2D eigenvalue weighted by Gasteiger charge is -2.00. The maximum Gasteiger partial charge on any atom is 0.221 e. The molecule has 6 nitrogen and oxygen atoms in total. The second-order valence-corrected chi connectivity index (χ2v) is 7.16. The van der Waals surface area contributed by atoms with Crippen LogP contribution in [0.1, 0.15) is 19.7 Å². The Bertz CT molecular complexity index is 1210. The topological polar surface area (TPSA) is 72.5 Å². The Hall–Kier alpha value is -3.41. The third kappa shape index (κ3) is 2.79. The molecule has 0 aliphatic rings. The SMILES string of the molecule is CC(C)Cc1nc(-c2ccc3c(cnn3-c3cc4ccccc4o3)c2)n[nH]1. The molecule has 5 aromatic rings. The molecule has 134 valence electrons. The molecule has 0 saturated heterocycles. The van der Waals surface area contributed by atoms with Gasteiger partial charge in [-0.25, -0.2) is 9.67 Å². The minimum atomic E-state index is 0.537. The lowest BCUT2D eigenvalue weighted by molar-refractivity contribution is 0.566. The lowest BCUT2D eigenvalue weighted by atomic mass is 10.1. The second kappa shape index (κ2) is 6.09. The maximum absolute atomic E-state index is 5.95. The number of furan rings is 1. The molecule has 0 amide bonds. The molecule has 0 unspecified atom stereocenters. The molecule has 0 aliphatic heterocycles. The third-order valence-electron chi connectivity index (χ3n) is 4.58. The summed E-state index contributed by atoms with van der Waals surface area (Å²) < 4.78 is 7.77. The number of hydrogen-bond donors (Lipinski definition) is 1. The Morgan fingerprint density at radius 1 is 1.07 bits per heavy atom. The fraction of sp³-hybridized carbons (Fsp3) is 0.190. The van der Waals surface area contributed by atoms with Crippen molar-refractivity contribution in [3.8, 4) is 17.3 Å². The van der Waals surface area contributed by atoms with E-state index in [0.717, 1.165) is 39.7 Å². The van der Waals surface area contributed by atoms with Crippen LogP contribution in [0.3, 0.4) is 0 Å². The van der Waals surface area contributed by atoms with Crippen LogP contribution in [-0.2, 0) is 6.42 Å². The first kappa shape index (κ1) is 15.8. The third-order valence-corrected chi connectivity index (χ3v) is 4.58. The molecule has 3 aromatic heterocycles. The van der Waals surface area contributed by atoms with Crippen molar-refractivity contribution in [1.82, 2.24) is 25.0 Å². The van der Waals surface area contributed by atoms with Gasteiger partial charge >= 0.3 is 0 Å². The van der Waals surface area contributed by atoms with E-state index in [4.69, 9.17) is 4.42 Å². The van der Waals surface area contributed by atoms with Gasteiger partial charge in [0.1, 0.15) is 11.4 Å². The van der Waals surface area contributed by atoms with Crippen LogP contribution < -0.4 is 0 Å². The number of para-hydroxylation sites is 1. The minimum absolute atomic E-state index is 0.537. The second-order valence-electron chi connectivity index (χ2n) is 7.16. The van der Waals surface area contributed by atoms with Gasteiger partial charge in [-0.05, 0) is 30.2 Å². The van der Waals surface area contributed by atoms with E-state index in [0.29, 0.717) is 17.6 Å². The number of aromatic nitrogens is 5. The maximum atomic E-state index is 5.95. The number of aromatic amines is 1. The zero-order valence-electron chi connectivity index (χ0n) is 15.2. The fourth-order valence-corrected chi connectivity index (χ4v) is 3.32. The van der Waals surface area contributed by atoms with Crippen molar-refractivity contribution in [2.24, 2.45) is 5.92 Å². The van der Waals surface area contributed by atoms with Crippen LogP contribution in [0, 0.1) is 5.92 Å². The molecule has 0 spiro atoms. The molecule has 0 bridgehead atoms. The van der Waals surface area contributed by atoms with Crippen LogP contribution in [-0.4, -0.2) is 25.0 Å². The van der Waals surface area contributed by atoms with E-state index >= 15 is 0 Å². The molecule has 3 heterocycles. The largest absolute Gasteiger partial charge is 0.438 e. The monoisotopic (exact) mass is 357 g/mol. The molecule has 0 atom stereocenters. The highest BCUT2D eigenvalue weighted by Crippen LogP contribution is 2.27. The van der Waals surface area contributed by atoms with E-state index in [1.807, 2.05) is 53.3 Å². The molecule has 5 rings (SSSR count). The summed E-state index contributed by atoms with van der Waals surface area (Å²) in [6, 6.07) is 16.1. The molecule has 2 aromatic carbocycles. The van der Waals surface area contributed by atoms with E-state index in [2.05, 4.69) is 40.2 Å². The predicted molar refractivity (Wildman–Crippen MR) is 105 cm³/mol. The standard InChI is InChI=1S/C21H19N5O/c1-13(2)9-19-23-21(25-24-19)15-7-8-17-16(10-15)12-22-26(17)20-11-14-5-3-4-6-18(14)27-20/h3-8,10-13H,9H2,1-2H3,(H,23,24,25). The summed E-state index contributed by atoms with van der Waals surface area (Å²) in [6.07, 6.45) is 2.73. The van der Waals surface area contributed by atoms with Gasteiger partial charge in [0.2, 0.25) is 5.88 Å². The Kier molecular flexibility index (Phi) is 3.57. The zero-order valence-corrected chi connectivity index (χ0v) is 15.2. The Morgan fingerprint density at radius 2 is 1.96 bits per heavy atom. The van der Waals surface area contributed by atoms with Gasteiger partial charge < -0.3 is 4.42 Å². The highest BCUT2D eigenvalue weighted by molar-refractivity contribution is 5.85. The van der Waals surface area contributed by atoms with Crippen molar-refractivity contribution in [3.63, 3.8) is 0 Å². The summed E-state index contributed by atoms with van der Waals surface area (Å²) in [4.78, 5) is 4.61.